The number of rotatable bonds is 5. The summed E-state index contributed by atoms with van der Waals surface area (Å²) < 4.78 is 0. The molecule has 0 saturated carbocycles. The minimum absolute atomic E-state index is 0.138. The molecule has 0 bridgehead atoms. The molecule has 2 aromatic rings. The molecular formula is C10H14ClN5OS. The predicted molar refractivity (Wildman–Crippen MR) is 74.2 cm³/mol. The highest BCUT2D eigenvalue weighted by molar-refractivity contribution is 7.98. The quantitative estimate of drug-likeness (QED) is 0.723. The second-order valence-electron chi connectivity index (χ2n) is 4.26. The summed E-state index contributed by atoms with van der Waals surface area (Å²) in [6.45, 7) is 2.15. The highest BCUT2D eigenvalue weighted by atomic mass is 35.5. The normalized spacial score (nSPS) is 14.7. The first-order valence-electron chi connectivity index (χ1n) is 5.34. The molecule has 18 heavy (non-hydrogen) atoms. The molecule has 0 amide bonds. The van der Waals surface area contributed by atoms with Crippen molar-refractivity contribution in [3.05, 3.63) is 11.5 Å². The number of aromatic nitrogens is 4. The Morgan fingerprint density at radius 1 is 1.56 bits per heavy atom. The lowest BCUT2D eigenvalue weighted by molar-refractivity contribution is 0.0996. The zero-order chi connectivity index (χ0) is 13.2. The molecule has 2 aromatic heterocycles. The van der Waals surface area contributed by atoms with E-state index in [-0.39, 0.29) is 5.28 Å². The van der Waals surface area contributed by atoms with Gasteiger partial charge in [-0.1, -0.05) is 0 Å². The molecule has 2 rings (SSSR count). The monoisotopic (exact) mass is 287 g/mol. The van der Waals surface area contributed by atoms with Crippen LogP contribution >= 0.6 is 23.4 Å². The number of fused-ring (bicyclic) bond motifs is 1. The van der Waals surface area contributed by atoms with Crippen LogP contribution in [0.4, 0.5) is 5.82 Å². The third kappa shape index (κ3) is 3.04. The van der Waals surface area contributed by atoms with Crippen LogP contribution in [-0.4, -0.2) is 49.4 Å². The summed E-state index contributed by atoms with van der Waals surface area (Å²) in [5.74, 6) is 1.20. The summed E-state index contributed by atoms with van der Waals surface area (Å²) in [5, 5.41) is 20.7. The van der Waals surface area contributed by atoms with Crippen LogP contribution in [0.1, 0.15) is 6.92 Å². The van der Waals surface area contributed by atoms with Gasteiger partial charge in [0.2, 0.25) is 5.28 Å². The van der Waals surface area contributed by atoms with Crippen molar-refractivity contribution in [2.24, 2.45) is 0 Å². The van der Waals surface area contributed by atoms with Crippen molar-refractivity contribution in [3.63, 3.8) is 0 Å². The molecular weight excluding hydrogens is 274 g/mol. The van der Waals surface area contributed by atoms with Gasteiger partial charge in [0.1, 0.15) is 5.82 Å². The van der Waals surface area contributed by atoms with E-state index in [2.05, 4.69) is 25.5 Å². The van der Waals surface area contributed by atoms with Gasteiger partial charge < -0.3 is 10.4 Å². The Morgan fingerprint density at radius 3 is 3.06 bits per heavy atom. The number of aromatic amines is 1. The highest BCUT2D eigenvalue weighted by Gasteiger charge is 2.20. The first kappa shape index (κ1) is 13.4. The van der Waals surface area contributed by atoms with Gasteiger partial charge in [-0.25, -0.2) is 0 Å². The summed E-state index contributed by atoms with van der Waals surface area (Å²) in [6, 6.07) is 0. The standard InChI is InChI=1S/C10H14ClN5OS/c1-10(17,5-18-2)4-12-7-6-3-13-16-8(6)15-9(11)14-7/h3,17H,4-5H2,1-2H3,(H2,12,13,14,15,16). The number of thioether (sulfide) groups is 1. The Hall–Kier alpha value is -1.05. The molecule has 0 radical (unpaired) electrons. The molecule has 1 atom stereocenters. The van der Waals surface area contributed by atoms with Crippen LogP contribution in [0.25, 0.3) is 11.0 Å². The van der Waals surface area contributed by atoms with E-state index in [0.29, 0.717) is 23.8 Å². The number of nitrogens with one attached hydrogen (secondary N) is 2. The van der Waals surface area contributed by atoms with Crippen LogP contribution in [-0.2, 0) is 0 Å². The van der Waals surface area contributed by atoms with E-state index in [9.17, 15) is 5.11 Å². The van der Waals surface area contributed by atoms with Gasteiger partial charge in [0.25, 0.3) is 0 Å². The Bertz CT molecular complexity index is 544. The first-order chi connectivity index (χ1) is 8.52. The van der Waals surface area contributed by atoms with E-state index in [0.717, 1.165) is 5.39 Å². The summed E-state index contributed by atoms with van der Waals surface area (Å²) in [4.78, 5) is 8.11. The molecule has 0 saturated heterocycles. The number of anilines is 1. The van der Waals surface area contributed by atoms with Crippen LogP contribution in [0.2, 0.25) is 5.28 Å². The van der Waals surface area contributed by atoms with Crippen LogP contribution in [0.5, 0.6) is 0 Å². The Labute approximate surface area is 114 Å². The smallest absolute Gasteiger partial charge is 0.226 e. The third-order valence-electron chi connectivity index (χ3n) is 2.37. The van der Waals surface area contributed by atoms with Gasteiger partial charge in [0, 0.05) is 12.3 Å². The summed E-state index contributed by atoms with van der Waals surface area (Å²) in [7, 11) is 0. The van der Waals surface area contributed by atoms with Crippen LogP contribution in [0.15, 0.2) is 6.20 Å². The molecule has 0 spiro atoms. The summed E-state index contributed by atoms with van der Waals surface area (Å²) >= 11 is 7.40. The van der Waals surface area contributed by atoms with E-state index >= 15 is 0 Å². The molecule has 1 unspecified atom stereocenters. The zero-order valence-electron chi connectivity index (χ0n) is 10.1. The predicted octanol–water partition coefficient (Wildman–Crippen LogP) is 1.53. The SMILES string of the molecule is CSCC(C)(O)CNc1nc(Cl)nc2[nH]ncc12. The number of hydrogen-bond acceptors (Lipinski definition) is 6. The zero-order valence-corrected chi connectivity index (χ0v) is 11.6. The van der Waals surface area contributed by atoms with Gasteiger partial charge in [-0.05, 0) is 24.8 Å². The van der Waals surface area contributed by atoms with Gasteiger partial charge in [0.05, 0.1) is 17.2 Å². The van der Waals surface area contributed by atoms with Gasteiger partial charge in [-0.3, -0.25) is 5.10 Å². The fraction of sp³-hybridized carbons (Fsp3) is 0.500. The lowest BCUT2D eigenvalue weighted by Crippen LogP contribution is -2.36. The minimum atomic E-state index is -0.813. The van der Waals surface area contributed by atoms with Crippen molar-refractivity contribution in [2.75, 3.05) is 23.9 Å². The number of aliphatic hydroxyl groups is 1. The van der Waals surface area contributed by atoms with Crippen molar-refractivity contribution < 1.29 is 5.11 Å². The minimum Gasteiger partial charge on any atom is -0.387 e. The molecule has 0 aliphatic carbocycles. The summed E-state index contributed by atoms with van der Waals surface area (Å²) in [5.41, 5.74) is -0.241. The molecule has 0 aliphatic rings. The Kier molecular flexibility index (Phi) is 3.94. The number of nitrogens with zero attached hydrogens (tertiary/aromatic N) is 3. The largest absolute Gasteiger partial charge is 0.387 e. The van der Waals surface area contributed by atoms with Crippen molar-refractivity contribution >= 4 is 40.2 Å². The Balaban J connectivity index is 2.19. The second-order valence-corrected chi connectivity index (χ2v) is 5.46. The third-order valence-corrected chi connectivity index (χ3v) is 3.45. The van der Waals surface area contributed by atoms with E-state index in [4.69, 9.17) is 11.6 Å². The molecule has 0 aliphatic heterocycles. The molecule has 8 heteroatoms. The van der Waals surface area contributed by atoms with Gasteiger partial charge >= 0.3 is 0 Å². The molecule has 98 valence electrons. The lowest BCUT2D eigenvalue weighted by Gasteiger charge is -2.22. The van der Waals surface area contributed by atoms with E-state index in [1.54, 1.807) is 24.9 Å². The van der Waals surface area contributed by atoms with Crippen LogP contribution in [0.3, 0.4) is 0 Å². The average Bonchev–Trinajstić information content (AvgIpc) is 2.73. The van der Waals surface area contributed by atoms with E-state index < -0.39 is 5.60 Å². The van der Waals surface area contributed by atoms with Crippen molar-refractivity contribution in [1.29, 1.82) is 0 Å². The van der Waals surface area contributed by atoms with Crippen LogP contribution in [0, 0.1) is 0 Å². The van der Waals surface area contributed by atoms with Crippen molar-refractivity contribution in [3.8, 4) is 0 Å². The van der Waals surface area contributed by atoms with Crippen molar-refractivity contribution in [1.82, 2.24) is 20.2 Å². The molecule has 6 nitrogen and oxygen atoms in total. The number of hydrogen-bond donors (Lipinski definition) is 3. The van der Waals surface area contributed by atoms with Gasteiger partial charge in [-0.2, -0.15) is 26.8 Å². The fourth-order valence-corrected chi connectivity index (χ4v) is 2.47. The topological polar surface area (TPSA) is 86.7 Å². The van der Waals surface area contributed by atoms with Gasteiger partial charge in [0.15, 0.2) is 5.65 Å². The molecule has 0 fully saturated rings. The maximum Gasteiger partial charge on any atom is 0.226 e. The number of H-pyrrole nitrogens is 1. The van der Waals surface area contributed by atoms with E-state index in [1.165, 1.54) is 0 Å². The molecule has 2 heterocycles. The Morgan fingerprint density at radius 2 is 2.33 bits per heavy atom. The van der Waals surface area contributed by atoms with E-state index in [1.807, 2.05) is 6.26 Å². The first-order valence-corrected chi connectivity index (χ1v) is 7.11. The highest BCUT2D eigenvalue weighted by Crippen LogP contribution is 2.21. The summed E-state index contributed by atoms with van der Waals surface area (Å²) in [6.07, 6.45) is 3.57. The second kappa shape index (κ2) is 5.29. The lowest BCUT2D eigenvalue weighted by atomic mass is 10.1. The maximum absolute atomic E-state index is 10.1. The van der Waals surface area contributed by atoms with Gasteiger partial charge in [-0.15, -0.1) is 0 Å². The fourth-order valence-electron chi connectivity index (χ4n) is 1.58. The van der Waals surface area contributed by atoms with Crippen molar-refractivity contribution in [2.45, 2.75) is 12.5 Å². The number of halogens is 1. The molecule has 0 aromatic carbocycles. The average molecular weight is 288 g/mol. The maximum atomic E-state index is 10.1. The van der Waals surface area contributed by atoms with Crippen LogP contribution < -0.4 is 5.32 Å². The molecule has 3 N–H and O–H groups in total.